The van der Waals surface area contributed by atoms with Gasteiger partial charge in [0.25, 0.3) is 0 Å². The van der Waals surface area contributed by atoms with Gasteiger partial charge in [-0.3, -0.25) is 4.90 Å². The van der Waals surface area contributed by atoms with Gasteiger partial charge in [0, 0.05) is 74.0 Å². The van der Waals surface area contributed by atoms with Crippen LogP contribution in [-0.2, 0) is 13.1 Å². The van der Waals surface area contributed by atoms with E-state index in [9.17, 15) is 5.26 Å². The van der Waals surface area contributed by atoms with Gasteiger partial charge in [-0.25, -0.2) is 14.5 Å². The van der Waals surface area contributed by atoms with Crippen molar-refractivity contribution in [2.45, 2.75) is 38.5 Å². The number of hydrogen-bond acceptors (Lipinski definition) is 8. The highest BCUT2D eigenvalue weighted by molar-refractivity contribution is 5.84. The molecule has 3 aliphatic rings. The van der Waals surface area contributed by atoms with Crippen LogP contribution in [0.3, 0.4) is 0 Å². The zero-order valence-corrected chi connectivity index (χ0v) is 21.1. The molecule has 0 aromatic carbocycles. The molecule has 1 N–H and O–H groups in total. The summed E-state index contributed by atoms with van der Waals surface area (Å²) in [6, 6.07) is 13.7. The average Bonchev–Trinajstić information content (AvgIpc) is 3.38. The smallest absolute Gasteiger partial charge is 0.212 e. The van der Waals surface area contributed by atoms with Gasteiger partial charge in [-0.15, -0.1) is 0 Å². The Morgan fingerprint density at radius 1 is 1.08 bits per heavy atom. The number of rotatable bonds is 8. The first kappa shape index (κ1) is 23.4. The van der Waals surface area contributed by atoms with E-state index >= 15 is 0 Å². The van der Waals surface area contributed by atoms with E-state index in [4.69, 9.17) is 9.72 Å². The fourth-order valence-electron chi connectivity index (χ4n) is 5.55. The van der Waals surface area contributed by atoms with Gasteiger partial charge in [0.2, 0.25) is 5.88 Å². The molecule has 2 bridgehead atoms. The minimum Gasteiger partial charge on any atom is -0.481 e. The SMILES string of the molecule is CCNCc1cc(-c2ccc(N3CC4CC(C3)N4Cc3ccc(OC)nc3)nc2)c2c(C#N)cnn2c1. The summed E-state index contributed by atoms with van der Waals surface area (Å²) in [5.74, 6) is 1.65. The van der Waals surface area contributed by atoms with Crippen LogP contribution in [0.2, 0.25) is 0 Å². The second-order valence-electron chi connectivity index (χ2n) is 9.74. The molecule has 3 saturated heterocycles. The van der Waals surface area contributed by atoms with Gasteiger partial charge in [-0.1, -0.05) is 13.0 Å². The van der Waals surface area contributed by atoms with Gasteiger partial charge in [0.15, 0.2) is 0 Å². The number of piperidine rings is 1. The summed E-state index contributed by atoms with van der Waals surface area (Å²) in [6.45, 7) is 6.57. The number of ether oxygens (including phenoxy) is 1. The molecule has 0 aliphatic carbocycles. The molecule has 7 heterocycles. The van der Waals surface area contributed by atoms with Gasteiger partial charge < -0.3 is 15.0 Å². The molecule has 3 aliphatic heterocycles. The van der Waals surface area contributed by atoms with Crippen molar-refractivity contribution in [3.8, 4) is 23.1 Å². The zero-order valence-electron chi connectivity index (χ0n) is 21.1. The predicted octanol–water partition coefficient (Wildman–Crippen LogP) is 3.24. The Morgan fingerprint density at radius 3 is 2.62 bits per heavy atom. The molecule has 9 nitrogen and oxygen atoms in total. The number of anilines is 1. The van der Waals surface area contributed by atoms with E-state index in [1.54, 1.807) is 17.8 Å². The highest BCUT2D eigenvalue weighted by Crippen LogP contribution is 2.36. The summed E-state index contributed by atoms with van der Waals surface area (Å²) in [5, 5.41) is 17.4. The number of nitriles is 1. The molecule has 0 radical (unpaired) electrons. The number of nitrogens with zero attached hydrogens (tertiary/aromatic N) is 7. The first-order valence-electron chi connectivity index (χ1n) is 12.7. The van der Waals surface area contributed by atoms with Crippen LogP contribution in [-0.4, -0.2) is 63.3 Å². The maximum atomic E-state index is 9.64. The Labute approximate surface area is 216 Å². The molecule has 9 heteroatoms. The van der Waals surface area contributed by atoms with E-state index in [-0.39, 0.29) is 0 Å². The van der Waals surface area contributed by atoms with E-state index in [0.29, 0.717) is 23.5 Å². The van der Waals surface area contributed by atoms with Crippen LogP contribution in [0, 0.1) is 11.3 Å². The standard InChI is InChI=1S/C28H30N8O/c1-3-30-11-20-8-25(28-22(10-29)14-33-36(28)16-20)21-5-6-26(31-13-21)34-17-23-9-24(18-34)35(23)15-19-4-7-27(37-2)32-12-19/h4-8,12-14,16,23-24,30H,3,9,11,15,17-18H2,1-2H3. The van der Waals surface area contributed by atoms with Crippen molar-refractivity contribution < 1.29 is 4.74 Å². The number of hydrogen-bond donors (Lipinski definition) is 1. The van der Waals surface area contributed by atoms with Gasteiger partial charge in [0.05, 0.1) is 24.4 Å². The summed E-state index contributed by atoms with van der Waals surface area (Å²) < 4.78 is 6.98. The predicted molar refractivity (Wildman–Crippen MR) is 141 cm³/mol. The van der Waals surface area contributed by atoms with Crippen LogP contribution in [0.1, 0.15) is 30.0 Å². The number of aromatic nitrogens is 4. The van der Waals surface area contributed by atoms with Gasteiger partial charge in [0.1, 0.15) is 11.9 Å². The number of nitrogens with one attached hydrogen (secondary N) is 1. The van der Waals surface area contributed by atoms with Crippen molar-refractivity contribution in [1.29, 1.82) is 5.26 Å². The Bertz CT molecular complexity index is 1430. The molecule has 0 saturated carbocycles. The number of methoxy groups -OCH3 is 1. The van der Waals surface area contributed by atoms with Crippen LogP contribution in [0.4, 0.5) is 5.82 Å². The molecule has 3 fully saturated rings. The van der Waals surface area contributed by atoms with E-state index < -0.39 is 0 Å². The van der Waals surface area contributed by atoms with Crippen LogP contribution >= 0.6 is 0 Å². The van der Waals surface area contributed by atoms with Gasteiger partial charge in [-0.2, -0.15) is 10.4 Å². The van der Waals surface area contributed by atoms with Crippen LogP contribution < -0.4 is 15.0 Å². The van der Waals surface area contributed by atoms with Crippen LogP contribution in [0.5, 0.6) is 5.88 Å². The largest absolute Gasteiger partial charge is 0.481 e. The molecular weight excluding hydrogens is 464 g/mol. The van der Waals surface area contributed by atoms with E-state index in [1.807, 2.05) is 24.7 Å². The zero-order chi connectivity index (χ0) is 25.4. The lowest BCUT2D eigenvalue weighted by Crippen LogP contribution is -2.68. The van der Waals surface area contributed by atoms with Crippen molar-refractivity contribution in [3.63, 3.8) is 0 Å². The maximum absolute atomic E-state index is 9.64. The van der Waals surface area contributed by atoms with Crippen molar-refractivity contribution in [3.05, 3.63) is 71.8 Å². The molecule has 37 heavy (non-hydrogen) atoms. The molecule has 0 amide bonds. The highest BCUT2D eigenvalue weighted by atomic mass is 16.5. The molecule has 7 rings (SSSR count). The Hall–Kier alpha value is -4.00. The topological polar surface area (TPSA) is 94.6 Å². The normalized spacial score (nSPS) is 19.0. The molecule has 4 aromatic heterocycles. The van der Waals surface area contributed by atoms with Crippen LogP contribution in [0.25, 0.3) is 16.6 Å². The number of fused-ring (bicyclic) bond motifs is 3. The first-order valence-corrected chi connectivity index (χ1v) is 12.7. The van der Waals surface area contributed by atoms with Crippen molar-refractivity contribution in [2.75, 3.05) is 31.6 Å². The third-order valence-corrected chi connectivity index (χ3v) is 7.47. The summed E-state index contributed by atoms with van der Waals surface area (Å²) in [6.07, 6.45) is 8.68. The summed E-state index contributed by atoms with van der Waals surface area (Å²) >= 11 is 0. The summed E-state index contributed by atoms with van der Waals surface area (Å²) in [7, 11) is 1.64. The third kappa shape index (κ3) is 4.39. The van der Waals surface area contributed by atoms with Crippen molar-refractivity contribution in [2.24, 2.45) is 0 Å². The van der Waals surface area contributed by atoms with Gasteiger partial charge in [-0.05, 0) is 42.3 Å². The molecular formula is C28H30N8O. The van der Waals surface area contributed by atoms with E-state index in [2.05, 4.69) is 62.5 Å². The van der Waals surface area contributed by atoms with Crippen molar-refractivity contribution >= 4 is 11.3 Å². The molecule has 2 atom stereocenters. The second kappa shape index (κ2) is 9.81. The number of piperazine rings is 1. The Kier molecular flexibility index (Phi) is 6.20. The lowest BCUT2D eigenvalue weighted by molar-refractivity contribution is -0.00876. The van der Waals surface area contributed by atoms with E-state index in [0.717, 1.165) is 60.7 Å². The second-order valence-corrected chi connectivity index (χ2v) is 9.74. The molecule has 0 spiro atoms. The molecule has 4 aromatic rings. The van der Waals surface area contributed by atoms with Crippen LogP contribution in [0.15, 0.2) is 55.1 Å². The minimum absolute atomic E-state index is 0.523. The first-order chi connectivity index (χ1) is 18.2. The third-order valence-electron chi connectivity index (χ3n) is 7.47. The summed E-state index contributed by atoms with van der Waals surface area (Å²) in [5.41, 5.74) is 5.68. The number of pyridine rings is 3. The Balaban J connectivity index is 1.19. The average molecular weight is 495 g/mol. The Morgan fingerprint density at radius 2 is 1.95 bits per heavy atom. The monoisotopic (exact) mass is 494 g/mol. The van der Waals surface area contributed by atoms with E-state index in [1.165, 1.54) is 12.0 Å². The van der Waals surface area contributed by atoms with Crippen molar-refractivity contribution in [1.82, 2.24) is 29.8 Å². The minimum atomic E-state index is 0.523. The fraction of sp³-hybridized carbons (Fsp3) is 0.357. The molecule has 188 valence electrons. The maximum Gasteiger partial charge on any atom is 0.212 e. The summed E-state index contributed by atoms with van der Waals surface area (Å²) in [4.78, 5) is 14.2. The quantitative estimate of drug-likeness (QED) is 0.399. The fourth-order valence-corrected chi connectivity index (χ4v) is 5.55. The lowest BCUT2D eigenvalue weighted by Gasteiger charge is -2.56. The lowest BCUT2D eigenvalue weighted by atomic mass is 9.87. The highest BCUT2D eigenvalue weighted by Gasteiger charge is 2.44. The van der Waals surface area contributed by atoms with Gasteiger partial charge >= 0.3 is 0 Å². The molecule has 2 unspecified atom stereocenters.